The van der Waals surface area contributed by atoms with Crippen LogP contribution in [-0.4, -0.2) is 4.98 Å². The van der Waals surface area contributed by atoms with Gasteiger partial charge in [-0.15, -0.1) is 0 Å². The van der Waals surface area contributed by atoms with E-state index in [0.717, 1.165) is 17.3 Å². The third kappa shape index (κ3) is 3.14. The number of aromatic nitrogens is 1. The first-order valence-electron chi connectivity index (χ1n) is 10.4. The van der Waals surface area contributed by atoms with E-state index >= 15 is 0 Å². The third-order valence-corrected chi connectivity index (χ3v) is 6.79. The predicted molar refractivity (Wildman–Crippen MR) is 128 cm³/mol. The first kappa shape index (κ1) is 18.7. The molecule has 2 heteroatoms. The summed E-state index contributed by atoms with van der Waals surface area (Å²) in [5, 5.41) is 1.33. The van der Waals surface area contributed by atoms with Gasteiger partial charge in [0.05, 0.1) is 5.52 Å². The largest absolute Gasteiger partial charge is 0.357 e. The van der Waals surface area contributed by atoms with Crippen LogP contribution in [-0.2, 0) is 18.3 Å². The van der Waals surface area contributed by atoms with E-state index in [-0.39, 0.29) is 5.41 Å². The topological polar surface area (TPSA) is 15.8 Å². The van der Waals surface area contributed by atoms with Gasteiger partial charge in [0, 0.05) is 21.1 Å². The van der Waals surface area contributed by atoms with Crippen molar-refractivity contribution in [1.29, 1.82) is 0 Å². The van der Waals surface area contributed by atoms with Crippen molar-refractivity contribution in [3.8, 4) is 22.3 Å². The second-order valence-corrected chi connectivity index (χ2v) is 10.2. The van der Waals surface area contributed by atoms with E-state index in [1.165, 1.54) is 55.5 Å². The Kier molecular flexibility index (Phi) is 4.25. The molecule has 4 aromatic rings. The summed E-state index contributed by atoms with van der Waals surface area (Å²) in [6, 6.07) is 20.5. The Morgan fingerprint density at radius 2 is 1.69 bits per heavy atom. The molecule has 1 aromatic heterocycles. The summed E-state index contributed by atoms with van der Waals surface area (Å²) < 4.78 is 1.15. The molecule has 0 bridgehead atoms. The molecule has 1 nitrogen and oxygen atoms in total. The summed E-state index contributed by atoms with van der Waals surface area (Å²) in [5.41, 5.74) is 12.3. The molecule has 0 fully saturated rings. The number of halogens is 1. The molecule has 1 aliphatic carbocycles. The number of fused-ring (bicyclic) bond motifs is 5. The number of benzene rings is 3. The van der Waals surface area contributed by atoms with Gasteiger partial charge in [0.2, 0.25) is 0 Å². The van der Waals surface area contributed by atoms with Gasteiger partial charge in [-0.1, -0.05) is 63.2 Å². The van der Waals surface area contributed by atoms with E-state index in [9.17, 15) is 0 Å². The van der Waals surface area contributed by atoms with Crippen LogP contribution >= 0.6 is 15.9 Å². The smallest absolute Gasteiger partial charge is 0.0607 e. The summed E-state index contributed by atoms with van der Waals surface area (Å²) in [6.07, 6.45) is 2.15. The number of aromatic amines is 1. The minimum atomic E-state index is 0.161. The molecule has 29 heavy (non-hydrogen) atoms. The molecule has 146 valence electrons. The molecule has 1 aliphatic rings. The Bertz CT molecular complexity index is 1250. The molecule has 3 aromatic carbocycles. The number of rotatable bonds is 1. The summed E-state index contributed by atoms with van der Waals surface area (Å²) in [7, 11) is 0. The van der Waals surface area contributed by atoms with Crippen molar-refractivity contribution in [2.24, 2.45) is 0 Å². The van der Waals surface area contributed by atoms with Crippen molar-refractivity contribution >= 4 is 26.8 Å². The molecule has 1 N–H and O–H groups in total. The molecular weight excluding hydrogens is 418 g/mol. The Morgan fingerprint density at radius 1 is 0.897 bits per heavy atom. The lowest BCUT2D eigenvalue weighted by Gasteiger charge is -2.21. The standard InChI is InChI=1S/C27H26BrN/c1-16-12-22-25-21-10-8-18(17-6-5-7-20(15-17)27(2,3)4)14-19(21)9-11-24(25)29-26(22)23(28)13-16/h5-8,10,12-15,29H,9,11H2,1-4H3. The number of hydrogen-bond acceptors (Lipinski definition) is 0. The zero-order valence-corrected chi connectivity index (χ0v) is 19.1. The summed E-state index contributed by atoms with van der Waals surface area (Å²) in [6.45, 7) is 8.99. The van der Waals surface area contributed by atoms with Crippen molar-refractivity contribution < 1.29 is 0 Å². The molecule has 0 aliphatic heterocycles. The monoisotopic (exact) mass is 443 g/mol. The highest BCUT2D eigenvalue weighted by atomic mass is 79.9. The first-order chi connectivity index (χ1) is 13.8. The molecule has 0 saturated carbocycles. The molecule has 5 rings (SSSR count). The summed E-state index contributed by atoms with van der Waals surface area (Å²) >= 11 is 3.75. The maximum absolute atomic E-state index is 3.75. The van der Waals surface area contributed by atoms with Crippen LogP contribution in [0.4, 0.5) is 0 Å². The zero-order chi connectivity index (χ0) is 20.3. The SMILES string of the molecule is Cc1cc(Br)c2[nH]c3c(c2c1)-c1ccc(-c2cccc(C(C)(C)C)c2)cc1CC3. The Balaban J connectivity index is 1.65. The average molecular weight is 444 g/mol. The lowest BCUT2D eigenvalue weighted by Crippen LogP contribution is -2.10. The van der Waals surface area contributed by atoms with Gasteiger partial charge in [-0.3, -0.25) is 0 Å². The highest BCUT2D eigenvalue weighted by Gasteiger charge is 2.22. The van der Waals surface area contributed by atoms with Gasteiger partial charge in [0.25, 0.3) is 0 Å². The minimum Gasteiger partial charge on any atom is -0.357 e. The number of nitrogens with one attached hydrogen (secondary N) is 1. The van der Waals surface area contributed by atoms with Gasteiger partial charge in [-0.2, -0.15) is 0 Å². The van der Waals surface area contributed by atoms with E-state index in [1.807, 2.05) is 0 Å². The van der Waals surface area contributed by atoms with Crippen molar-refractivity contribution in [2.45, 2.75) is 46.0 Å². The Labute approximate surface area is 181 Å². The van der Waals surface area contributed by atoms with Gasteiger partial charge >= 0.3 is 0 Å². The minimum absolute atomic E-state index is 0.161. The van der Waals surface area contributed by atoms with Gasteiger partial charge in [0.15, 0.2) is 0 Å². The quantitative estimate of drug-likeness (QED) is 0.306. The summed E-state index contributed by atoms with van der Waals surface area (Å²) in [4.78, 5) is 3.68. The molecule has 0 spiro atoms. The highest BCUT2D eigenvalue weighted by molar-refractivity contribution is 9.10. The van der Waals surface area contributed by atoms with E-state index < -0.39 is 0 Å². The molecule has 1 heterocycles. The van der Waals surface area contributed by atoms with Crippen LogP contribution < -0.4 is 0 Å². The predicted octanol–water partition coefficient (Wildman–Crippen LogP) is 7.97. The maximum atomic E-state index is 3.75. The normalized spacial score (nSPS) is 13.4. The van der Waals surface area contributed by atoms with E-state index in [4.69, 9.17) is 0 Å². The molecule has 0 saturated heterocycles. The summed E-state index contributed by atoms with van der Waals surface area (Å²) in [5.74, 6) is 0. The van der Waals surface area contributed by atoms with Crippen LogP contribution in [0, 0.1) is 6.92 Å². The van der Waals surface area contributed by atoms with Crippen molar-refractivity contribution in [3.05, 3.63) is 81.5 Å². The van der Waals surface area contributed by atoms with Crippen molar-refractivity contribution in [3.63, 3.8) is 0 Å². The van der Waals surface area contributed by atoms with Crippen LogP contribution in [0.1, 0.15) is 43.2 Å². The highest BCUT2D eigenvalue weighted by Crippen LogP contribution is 2.42. The van der Waals surface area contributed by atoms with Crippen LogP contribution in [0.5, 0.6) is 0 Å². The fraction of sp³-hybridized carbons (Fsp3) is 0.259. The van der Waals surface area contributed by atoms with Crippen LogP contribution in [0.25, 0.3) is 33.2 Å². The fourth-order valence-corrected chi connectivity index (χ4v) is 5.26. The van der Waals surface area contributed by atoms with Gasteiger partial charge in [-0.25, -0.2) is 0 Å². The molecular formula is C27H26BrN. The van der Waals surface area contributed by atoms with Crippen LogP contribution in [0.2, 0.25) is 0 Å². The van der Waals surface area contributed by atoms with Crippen LogP contribution in [0.3, 0.4) is 0 Å². The maximum Gasteiger partial charge on any atom is 0.0607 e. The van der Waals surface area contributed by atoms with Gasteiger partial charge in [0.1, 0.15) is 0 Å². The molecule has 0 radical (unpaired) electrons. The average Bonchev–Trinajstić information content (AvgIpc) is 3.06. The second-order valence-electron chi connectivity index (χ2n) is 9.35. The number of hydrogen-bond donors (Lipinski definition) is 1. The van der Waals surface area contributed by atoms with Crippen LogP contribution in [0.15, 0.2) is 59.1 Å². The first-order valence-corrected chi connectivity index (χ1v) is 11.2. The van der Waals surface area contributed by atoms with Crippen molar-refractivity contribution in [1.82, 2.24) is 4.98 Å². The van der Waals surface area contributed by atoms with E-state index in [1.54, 1.807) is 0 Å². The zero-order valence-electron chi connectivity index (χ0n) is 17.5. The lowest BCUT2D eigenvalue weighted by molar-refractivity contribution is 0.590. The fourth-order valence-electron chi connectivity index (χ4n) is 4.59. The third-order valence-electron chi connectivity index (χ3n) is 6.16. The molecule has 0 unspecified atom stereocenters. The van der Waals surface area contributed by atoms with Gasteiger partial charge < -0.3 is 4.98 Å². The van der Waals surface area contributed by atoms with E-state index in [0.29, 0.717) is 0 Å². The second kappa shape index (κ2) is 6.60. The number of aryl methyl sites for hydroxylation is 3. The van der Waals surface area contributed by atoms with Gasteiger partial charge in [-0.05, 0) is 86.6 Å². The molecule has 0 atom stereocenters. The van der Waals surface area contributed by atoms with Crippen molar-refractivity contribution in [2.75, 3.05) is 0 Å². The Morgan fingerprint density at radius 3 is 2.48 bits per heavy atom. The number of H-pyrrole nitrogens is 1. The lowest BCUT2D eigenvalue weighted by atomic mass is 9.83. The Hall–Kier alpha value is -2.32. The van der Waals surface area contributed by atoms with E-state index in [2.05, 4.69) is 103 Å². The molecule has 0 amide bonds.